The molecule has 0 amide bonds. The Kier molecular flexibility index (Phi) is 4.52. The smallest absolute Gasteiger partial charge is 0.0979 e. The fourth-order valence-corrected chi connectivity index (χ4v) is 0. The first-order valence-corrected chi connectivity index (χ1v) is 1.54. The van der Waals surface area contributed by atoms with Crippen molar-refractivity contribution < 1.29 is 33.8 Å². The number of halogens is 1. The van der Waals surface area contributed by atoms with Gasteiger partial charge in [0.1, 0.15) is 0 Å². The highest BCUT2D eigenvalue weighted by Crippen LogP contribution is 1.72. The molecule has 0 aliphatic rings. The first-order valence-electron chi connectivity index (χ1n) is 1.54. The van der Waals surface area contributed by atoms with E-state index < -0.39 is 0 Å². The first kappa shape index (κ1) is 9.82. The Morgan fingerprint density at radius 1 is 1.17 bits per heavy atom. The molecule has 0 fully saturated rings. The average molecular weight is 203 g/mol. The summed E-state index contributed by atoms with van der Waals surface area (Å²) >= 11 is 0. The van der Waals surface area contributed by atoms with Crippen LogP contribution < -0.4 is 24.0 Å². The highest BCUT2D eigenvalue weighted by molar-refractivity contribution is 3.72. The Morgan fingerprint density at radius 3 is 1.17 bits per heavy atom. The predicted octanol–water partition coefficient (Wildman–Crippen LogP) is -2.91. The molecule has 0 aromatic rings. The van der Waals surface area contributed by atoms with Gasteiger partial charge in [0, 0.05) is 0 Å². The highest BCUT2D eigenvalue weighted by Gasteiger charge is 1.92. The van der Waals surface area contributed by atoms with Crippen LogP contribution in [0.5, 0.6) is 0 Å². The fraction of sp³-hybridized carbons (Fsp3) is 1.00. The van der Waals surface area contributed by atoms with Crippen LogP contribution in [0.25, 0.3) is 0 Å². The van der Waals surface area contributed by atoms with Crippen molar-refractivity contribution in [1.29, 1.82) is 0 Å². The lowest BCUT2D eigenvalue weighted by atomic mass is 11.0. The lowest BCUT2D eigenvalue weighted by molar-refractivity contribution is -1.06. The molecule has 0 bridgehead atoms. The van der Waals surface area contributed by atoms with Crippen molar-refractivity contribution in [3.8, 4) is 0 Å². The van der Waals surface area contributed by atoms with E-state index >= 15 is 0 Å². The van der Waals surface area contributed by atoms with Crippen molar-refractivity contribution >= 4 is 0 Å². The molecule has 0 aromatic heterocycles. The molecule has 3 heteroatoms. The molecule has 40 valence electrons. The van der Waals surface area contributed by atoms with Crippen LogP contribution in [-0.2, 0) is 0 Å². The van der Waals surface area contributed by atoms with E-state index in [2.05, 4.69) is 0 Å². The Balaban J connectivity index is 0. The molecule has 0 aliphatic heterocycles. The van der Waals surface area contributed by atoms with E-state index in [1.54, 1.807) is 21.1 Å². The Morgan fingerprint density at radius 2 is 1.17 bits per heavy atom. The maximum absolute atomic E-state index is 8.46. The van der Waals surface area contributed by atoms with Gasteiger partial charge in [-0.15, -0.1) is 0 Å². The molecule has 0 aromatic carbocycles. The molecule has 0 rings (SSSR count). The zero-order chi connectivity index (χ0) is 4.50. The van der Waals surface area contributed by atoms with Crippen molar-refractivity contribution in [1.82, 2.24) is 0 Å². The zero-order valence-electron chi connectivity index (χ0n) is 4.27. The van der Waals surface area contributed by atoms with Gasteiger partial charge in [-0.1, -0.05) is 0 Å². The standard InChI is InChI=1S/C3H10NO.HI/c1-4(2,3)5;/h5H,1-3H3;1H/q+1;/p-1. The molecule has 0 heterocycles. The summed E-state index contributed by atoms with van der Waals surface area (Å²) in [5.41, 5.74) is 0. The third-order valence-electron chi connectivity index (χ3n) is 0. The molecule has 0 aliphatic carbocycles. The lowest BCUT2D eigenvalue weighted by Crippen LogP contribution is -3.00. The van der Waals surface area contributed by atoms with Gasteiger partial charge in [0.05, 0.1) is 21.1 Å². The van der Waals surface area contributed by atoms with Gasteiger partial charge in [0.2, 0.25) is 0 Å². The molecule has 0 atom stereocenters. The molecule has 0 spiro atoms. The first-order chi connectivity index (χ1) is 2.00. The molecule has 0 saturated carbocycles. The Hall–Kier alpha value is 0.650. The average Bonchev–Trinajstić information content (AvgIpc) is 0.722. The summed E-state index contributed by atoms with van der Waals surface area (Å²) in [6.45, 7) is 0. The van der Waals surface area contributed by atoms with E-state index in [4.69, 9.17) is 5.21 Å². The van der Waals surface area contributed by atoms with Gasteiger partial charge in [0.25, 0.3) is 0 Å². The van der Waals surface area contributed by atoms with Crippen LogP contribution in [-0.4, -0.2) is 31.0 Å². The van der Waals surface area contributed by atoms with Gasteiger partial charge < -0.3 is 24.0 Å². The molecule has 0 radical (unpaired) electrons. The maximum atomic E-state index is 8.46. The zero-order valence-corrected chi connectivity index (χ0v) is 6.43. The summed E-state index contributed by atoms with van der Waals surface area (Å²) in [6.07, 6.45) is 0. The van der Waals surface area contributed by atoms with Gasteiger partial charge in [-0.25, -0.2) is 5.21 Å². The molecule has 0 unspecified atom stereocenters. The monoisotopic (exact) mass is 203 g/mol. The number of quaternary nitrogens is 1. The summed E-state index contributed by atoms with van der Waals surface area (Å²) in [5, 5.41) is 8.46. The number of hydrogen-bond donors (Lipinski definition) is 1. The number of rotatable bonds is 0. The number of hydroxylamine groups is 3. The van der Waals surface area contributed by atoms with E-state index in [-0.39, 0.29) is 28.6 Å². The van der Waals surface area contributed by atoms with Crippen LogP contribution in [0.15, 0.2) is 0 Å². The molecule has 2 nitrogen and oxygen atoms in total. The maximum Gasteiger partial charge on any atom is 0.0979 e. The second-order valence-corrected chi connectivity index (χ2v) is 1.94. The highest BCUT2D eigenvalue weighted by atomic mass is 127. The summed E-state index contributed by atoms with van der Waals surface area (Å²) < 4.78 is 0. The number of nitrogens with zero attached hydrogens (tertiary/aromatic N) is 1. The summed E-state index contributed by atoms with van der Waals surface area (Å²) in [4.78, 5) is 0. The van der Waals surface area contributed by atoms with Crippen molar-refractivity contribution in [2.24, 2.45) is 0 Å². The third-order valence-corrected chi connectivity index (χ3v) is 0. The van der Waals surface area contributed by atoms with Crippen LogP contribution >= 0.6 is 0 Å². The van der Waals surface area contributed by atoms with E-state index in [9.17, 15) is 0 Å². The van der Waals surface area contributed by atoms with Gasteiger partial charge in [-0.3, -0.25) is 0 Å². The fourth-order valence-electron chi connectivity index (χ4n) is 0. The largest absolute Gasteiger partial charge is 1.00 e. The minimum Gasteiger partial charge on any atom is -1.00 e. The Bertz CT molecular complexity index is 26.3. The van der Waals surface area contributed by atoms with Crippen molar-refractivity contribution in [3.05, 3.63) is 0 Å². The van der Waals surface area contributed by atoms with Crippen LogP contribution in [0.1, 0.15) is 0 Å². The van der Waals surface area contributed by atoms with Crippen LogP contribution in [0, 0.1) is 0 Å². The van der Waals surface area contributed by atoms with Gasteiger partial charge in [-0.05, 0) is 0 Å². The summed E-state index contributed by atoms with van der Waals surface area (Å²) in [5.74, 6) is 0. The molecule has 1 N–H and O–H groups in total. The SMILES string of the molecule is C[N+](C)(C)O.[I-]. The summed E-state index contributed by atoms with van der Waals surface area (Å²) in [6, 6.07) is 0. The van der Waals surface area contributed by atoms with Crippen LogP contribution in [0.2, 0.25) is 0 Å². The van der Waals surface area contributed by atoms with Gasteiger partial charge in [0.15, 0.2) is 0 Å². The molecule has 6 heavy (non-hydrogen) atoms. The van der Waals surface area contributed by atoms with E-state index in [0.717, 1.165) is 0 Å². The van der Waals surface area contributed by atoms with Gasteiger partial charge >= 0.3 is 0 Å². The van der Waals surface area contributed by atoms with Crippen molar-refractivity contribution in [2.45, 2.75) is 0 Å². The quantitative estimate of drug-likeness (QED) is 0.254. The van der Waals surface area contributed by atoms with Crippen molar-refractivity contribution in [3.63, 3.8) is 0 Å². The molecular weight excluding hydrogens is 193 g/mol. The van der Waals surface area contributed by atoms with E-state index in [1.165, 1.54) is 0 Å². The van der Waals surface area contributed by atoms with Gasteiger partial charge in [-0.2, -0.15) is 4.65 Å². The molecular formula is C3H10INO. The van der Waals surface area contributed by atoms with Crippen molar-refractivity contribution in [2.75, 3.05) is 21.1 Å². The van der Waals surface area contributed by atoms with E-state index in [1.807, 2.05) is 0 Å². The lowest BCUT2D eigenvalue weighted by Gasteiger charge is -2.09. The minimum atomic E-state index is 0. The Labute approximate surface area is 55.3 Å². The normalized spacial score (nSPS) is 10.0. The predicted molar refractivity (Wildman–Crippen MR) is 19.8 cm³/mol. The third kappa shape index (κ3) is 147. The van der Waals surface area contributed by atoms with Crippen LogP contribution in [0.4, 0.5) is 0 Å². The number of hydrogen-bond acceptors (Lipinski definition) is 1. The second-order valence-electron chi connectivity index (χ2n) is 1.94. The summed E-state index contributed by atoms with van der Waals surface area (Å²) in [7, 11) is 5.04. The second kappa shape index (κ2) is 2.76. The van der Waals surface area contributed by atoms with E-state index in [0.29, 0.717) is 0 Å². The van der Waals surface area contributed by atoms with Crippen LogP contribution in [0.3, 0.4) is 0 Å². The molecule has 0 saturated heterocycles. The minimum absolute atomic E-state index is 0. The topological polar surface area (TPSA) is 20.2 Å².